The third kappa shape index (κ3) is 3.62. The van der Waals surface area contributed by atoms with Crippen LogP contribution in [0.4, 0.5) is 4.39 Å². The fourth-order valence-electron chi connectivity index (χ4n) is 1.53. The Hall–Kier alpha value is -1.73. The Morgan fingerprint density at radius 1 is 1.32 bits per heavy atom. The highest BCUT2D eigenvalue weighted by Crippen LogP contribution is 2.09. The number of hydrogen-bond donors (Lipinski definition) is 1. The van der Waals surface area contributed by atoms with E-state index in [0.717, 1.165) is 12.1 Å². The zero-order chi connectivity index (χ0) is 13.9. The third-order valence-corrected chi connectivity index (χ3v) is 3.94. The van der Waals surface area contributed by atoms with Gasteiger partial charge >= 0.3 is 0 Å². The molecule has 0 aliphatic rings. The molecule has 0 aliphatic carbocycles. The Morgan fingerprint density at radius 2 is 2.00 bits per heavy atom. The van der Waals surface area contributed by atoms with Crippen molar-refractivity contribution in [3.63, 3.8) is 0 Å². The molecule has 1 heterocycles. The summed E-state index contributed by atoms with van der Waals surface area (Å²) < 4.78 is 43.9. The number of aryl methyl sites for hydroxylation is 1. The number of sulfonamides is 1. The lowest BCUT2D eigenvalue weighted by molar-refractivity contribution is 0.520. The number of hydrogen-bond acceptors (Lipinski definition) is 4. The minimum absolute atomic E-state index is 0.0326. The second kappa shape index (κ2) is 5.50. The monoisotopic (exact) mass is 284 g/mol. The lowest BCUT2D eigenvalue weighted by Crippen LogP contribution is -2.26. The van der Waals surface area contributed by atoms with E-state index in [9.17, 15) is 12.8 Å². The minimum Gasteiger partial charge on any atom is -0.449 e. The van der Waals surface area contributed by atoms with Crippen LogP contribution in [0.25, 0.3) is 0 Å². The maximum atomic E-state index is 12.7. The zero-order valence-electron chi connectivity index (χ0n) is 10.3. The number of oxazole rings is 1. The number of benzene rings is 1. The van der Waals surface area contributed by atoms with Gasteiger partial charge in [-0.15, -0.1) is 0 Å². The summed E-state index contributed by atoms with van der Waals surface area (Å²) in [6.45, 7) is 1.91. The molecule has 0 amide bonds. The molecule has 7 heteroatoms. The van der Waals surface area contributed by atoms with Gasteiger partial charge in [0.1, 0.15) is 12.1 Å². The van der Waals surface area contributed by atoms with E-state index in [4.69, 9.17) is 4.42 Å². The summed E-state index contributed by atoms with van der Waals surface area (Å²) in [5.74, 6) is 0.0633. The Bertz CT molecular complexity index is 650. The third-order valence-electron chi connectivity index (χ3n) is 2.46. The van der Waals surface area contributed by atoms with Crippen LogP contribution < -0.4 is 4.72 Å². The molecule has 0 bridgehead atoms. The van der Waals surface area contributed by atoms with Gasteiger partial charge < -0.3 is 4.42 Å². The Morgan fingerprint density at radius 3 is 2.58 bits per heavy atom. The van der Waals surface area contributed by atoms with Crippen molar-refractivity contribution < 1.29 is 17.2 Å². The number of nitrogens with one attached hydrogen (secondary N) is 1. The van der Waals surface area contributed by atoms with Crippen LogP contribution in [0.5, 0.6) is 0 Å². The van der Waals surface area contributed by atoms with E-state index in [-0.39, 0.29) is 11.4 Å². The molecule has 5 nitrogen and oxygen atoms in total. The summed E-state index contributed by atoms with van der Waals surface area (Å²) in [5, 5.41) is 0. The fourth-order valence-corrected chi connectivity index (χ4v) is 2.57. The van der Waals surface area contributed by atoms with E-state index in [1.165, 1.54) is 18.4 Å². The molecule has 2 rings (SSSR count). The first-order valence-corrected chi connectivity index (χ1v) is 7.12. The van der Waals surface area contributed by atoms with E-state index in [1.54, 1.807) is 6.92 Å². The van der Waals surface area contributed by atoms with Crippen molar-refractivity contribution in [3.8, 4) is 0 Å². The van der Waals surface area contributed by atoms with Crippen molar-refractivity contribution in [2.45, 2.75) is 18.2 Å². The number of aromatic nitrogens is 1. The molecule has 19 heavy (non-hydrogen) atoms. The van der Waals surface area contributed by atoms with Gasteiger partial charge in [-0.3, -0.25) is 0 Å². The van der Waals surface area contributed by atoms with Gasteiger partial charge in [0.05, 0.1) is 10.6 Å². The van der Waals surface area contributed by atoms with Crippen molar-refractivity contribution in [1.29, 1.82) is 0 Å². The van der Waals surface area contributed by atoms with Crippen LogP contribution in [-0.2, 0) is 16.4 Å². The van der Waals surface area contributed by atoms with E-state index in [0.29, 0.717) is 18.0 Å². The summed E-state index contributed by atoms with van der Waals surface area (Å²) >= 11 is 0. The first kappa shape index (κ1) is 13.7. The molecule has 2 aromatic rings. The zero-order valence-corrected chi connectivity index (χ0v) is 11.1. The summed E-state index contributed by atoms with van der Waals surface area (Å²) in [7, 11) is -3.62. The largest absolute Gasteiger partial charge is 0.449 e. The predicted octanol–water partition coefficient (Wildman–Crippen LogP) is 1.64. The van der Waals surface area contributed by atoms with Gasteiger partial charge in [0.15, 0.2) is 5.89 Å². The van der Waals surface area contributed by atoms with Crippen molar-refractivity contribution >= 4 is 10.0 Å². The number of nitrogens with zero attached hydrogens (tertiary/aromatic N) is 1. The standard InChI is InChI=1S/C12H13FN2O3S/c1-9-15-11(8-18-9)6-7-14-19(16,17)12-4-2-10(13)3-5-12/h2-5,8,14H,6-7H2,1H3. The summed E-state index contributed by atoms with van der Waals surface area (Å²) in [6, 6.07) is 4.65. The van der Waals surface area contributed by atoms with Crippen molar-refractivity contribution in [1.82, 2.24) is 9.71 Å². The van der Waals surface area contributed by atoms with Gasteiger partial charge in [0, 0.05) is 19.9 Å². The van der Waals surface area contributed by atoms with E-state index >= 15 is 0 Å². The SMILES string of the molecule is Cc1nc(CCNS(=O)(=O)c2ccc(F)cc2)co1. The molecule has 0 saturated heterocycles. The van der Waals surface area contributed by atoms with Gasteiger partial charge in [0.25, 0.3) is 0 Å². The summed E-state index contributed by atoms with van der Waals surface area (Å²) in [6.07, 6.45) is 1.92. The van der Waals surface area contributed by atoms with Crippen molar-refractivity contribution in [2.24, 2.45) is 0 Å². The molecular weight excluding hydrogens is 271 g/mol. The first-order valence-electron chi connectivity index (χ1n) is 5.63. The molecule has 0 unspecified atom stereocenters. The quantitative estimate of drug-likeness (QED) is 0.906. The summed E-state index contributed by atoms with van der Waals surface area (Å²) in [5.41, 5.74) is 0.680. The Balaban J connectivity index is 1.96. The number of rotatable bonds is 5. The molecule has 102 valence electrons. The molecule has 1 aromatic carbocycles. The van der Waals surface area contributed by atoms with E-state index < -0.39 is 15.8 Å². The molecular formula is C12H13FN2O3S. The highest BCUT2D eigenvalue weighted by molar-refractivity contribution is 7.89. The highest BCUT2D eigenvalue weighted by Gasteiger charge is 2.13. The van der Waals surface area contributed by atoms with Gasteiger partial charge in [-0.1, -0.05) is 0 Å². The molecule has 1 aromatic heterocycles. The molecule has 0 saturated carbocycles. The molecule has 0 fully saturated rings. The predicted molar refractivity (Wildman–Crippen MR) is 66.5 cm³/mol. The lowest BCUT2D eigenvalue weighted by atomic mass is 10.3. The second-order valence-corrected chi connectivity index (χ2v) is 5.73. The maximum Gasteiger partial charge on any atom is 0.240 e. The molecule has 0 atom stereocenters. The topological polar surface area (TPSA) is 72.2 Å². The minimum atomic E-state index is -3.62. The maximum absolute atomic E-state index is 12.7. The molecule has 0 radical (unpaired) electrons. The number of halogens is 1. The van der Waals surface area contributed by atoms with Gasteiger partial charge in [-0.2, -0.15) is 0 Å². The summed E-state index contributed by atoms with van der Waals surface area (Å²) in [4.78, 5) is 4.10. The van der Waals surface area contributed by atoms with E-state index in [1.807, 2.05) is 0 Å². The van der Waals surface area contributed by atoms with Gasteiger partial charge in [-0.25, -0.2) is 22.5 Å². The first-order chi connectivity index (χ1) is 8.97. The van der Waals surface area contributed by atoms with Crippen LogP contribution in [0.15, 0.2) is 39.8 Å². The highest BCUT2D eigenvalue weighted by atomic mass is 32.2. The molecule has 0 aliphatic heterocycles. The van der Waals surface area contributed by atoms with Crippen molar-refractivity contribution in [3.05, 3.63) is 47.9 Å². The van der Waals surface area contributed by atoms with Crippen LogP contribution in [-0.4, -0.2) is 19.9 Å². The second-order valence-electron chi connectivity index (χ2n) is 3.96. The van der Waals surface area contributed by atoms with Crippen LogP contribution in [0.1, 0.15) is 11.6 Å². The van der Waals surface area contributed by atoms with Crippen molar-refractivity contribution in [2.75, 3.05) is 6.54 Å². The smallest absolute Gasteiger partial charge is 0.240 e. The van der Waals surface area contributed by atoms with Gasteiger partial charge in [-0.05, 0) is 24.3 Å². The average Bonchev–Trinajstić information content (AvgIpc) is 2.75. The lowest BCUT2D eigenvalue weighted by Gasteiger charge is -2.05. The van der Waals surface area contributed by atoms with Crippen LogP contribution in [0.2, 0.25) is 0 Å². The van der Waals surface area contributed by atoms with Crippen LogP contribution in [0, 0.1) is 12.7 Å². The van der Waals surface area contributed by atoms with Crippen LogP contribution in [0.3, 0.4) is 0 Å². The Kier molecular flexibility index (Phi) is 3.96. The normalized spacial score (nSPS) is 11.7. The van der Waals surface area contributed by atoms with Gasteiger partial charge in [0.2, 0.25) is 10.0 Å². The van der Waals surface area contributed by atoms with Crippen LogP contribution >= 0.6 is 0 Å². The molecule has 1 N–H and O–H groups in total. The average molecular weight is 284 g/mol. The fraction of sp³-hybridized carbons (Fsp3) is 0.250. The van der Waals surface area contributed by atoms with E-state index in [2.05, 4.69) is 9.71 Å². The molecule has 0 spiro atoms. The Labute approximate surface area is 110 Å².